The number of hydrogen-bond acceptors (Lipinski definition) is 1. The van der Waals surface area contributed by atoms with E-state index in [4.69, 9.17) is 0 Å². The highest BCUT2D eigenvalue weighted by molar-refractivity contribution is 5.36. The molecule has 0 aromatic rings. The van der Waals surface area contributed by atoms with Crippen LogP contribution in [0.15, 0.2) is 46.6 Å². The van der Waals surface area contributed by atoms with Gasteiger partial charge in [-0.3, -0.25) is 0 Å². The molecular weight excluding hydrogens is 314 g/mol. The smallest absolute Gasteiger partial charge is 0.00129 e. The molecule has 0 bridgehead atoms. The van der Waals surface area contributed by atoms with Crippen LogP contribution in [0.1, 0.15) is 79.6 Å². The third-order valence-electron chi connectivity index (χ3n) is 6.33. The summed E-state index contributed by atoms with van der Waals surface area (Å²) in [6.45, 7) is 19.1. The molecule has 2 aliphatic rings. The normalized spacial score (nSPS) is 23.9. The van der Waals surface area contributed by atoms with Crippen molar-refractivity contribution >= 4 is 0 Å². The van der Waals surface area contributed by atoms with Gasteiger partial charge in [-0.2, -0.15) is 0 Å². The van der Waals surface area contributed by atoms with Crippen LogP contribution in [-0.2, 0) is 0 Å². The molecule has 1 nitrogen and oxygen atoms in total. The zero-order valence-electron chi connectivity index (χ0n) is 18.0. The van der Waals surface area contributed by atoms with Crippen LogP contribution in [-0.4, -0.2) is 24.5 Å². The van der Waals surface area contributed by atoms with Gasteiger partial charge in [0.25, 0.3) is 0 Å². The standard InChI is InChI=1S/C25H41N/c1-7-14-26(15-8-9-21(5)22(6)19(2)3)18-23-11-13-24-16-20(4)10-12-25(24)17-23/h12,16,20,23H,2,7-11,13-15,17-18H2,1,3-6H3/b22-21+. The van der Waals surface area contributed by atoms with Crippen molar-refractivity contribution in [3.05, 3.63) is 46.6 Å². The van der Waals surface area contributed by atoms with Crippen LogP contribution in [0.3, 0.4) is 0 Å². The third kappa shape index (κ3) is 6.27. The molecule has 1 saturated carbocycles. The van der Waals surface area contributed by atoms with Crippen molar-refractivity contribution in [3.8, 4) is 0 Å². The van der Waals surface area contributed by atoms with Crippen molar-refractivity contribution in [1.29, 1.82) is 0 Å². The van der Waals surface area contributed by atoms with Crippen LogP contribution >= 0.6 is 0 Å². The number of hydrogen-bond donors (Lipinski definition) is 0. The fraction of sp³-hybridized carbons (Fsp3) is 0.680. The summed E-state index contributed by atoms with van der Waals surface area (Å²) in [4.78, 5) is 2.73. The van der Waals surface area contributed by atoms with Gasteiger partial charge in [0.05, 0.1) is 0 Å². The van der Waals surface area contributed by atoms with Gasteiger partial charge in [0.15, 0.2) is 0 Å². The lowest BCUT2D eigenvalue weighted by Gasteiger charge is -2.33. The van der Waals surface area contributed by atoms with E-state index in [0.717, 1.165) is 11.8 Å². The third-order valence-corrected chi connectivity index (χ3v) is 6.33. The lowest BCUT2D eigenvalue weighted by molar-refractivity contribution is 0.216. The molecule has 2 rings (SSSR count). The van der Waals surface area contributed by atoms with E-state index in [1.807, 2.05) is 0 Å². The van der Waals surface area contributed by atoms with E-state index in [9.17, 15) is 0 Å². The van der Waals surface area contributed by atoms with Gasteiger partial charge < -0.3 is 4.90 Å². The monoisotopic (exact) mass is 355 g/mol. The number of nitrogens with zero attached hydrogens (tertiary/aromatic N) is 1. The Morgan fingerprint density at radius 1 is 1.19 bits per heavy atom. The quantitative estimate of drug-likeness (QED) is 0.399. The Balaban J connectivity index is 1.84. The number of rotatable bonds is 9. The van der Waals surface area contributed by atoms with Crippen LogP contribution in [0.2, 0.25) is 0 Å². The zero-order chi connectivity index (χ0) is 19.1. The zero-order valence-corrected chi connectivity index (χ0v) is 18.0. The molecule has 0 aromatic carbocycles. The summed E-state index contributed by atoms with van der Waals surface area (Å²) in [5.41, 5.74) is 7.47. The fourth-order valence-electron chi connectivity index (χ4n) is 4.46. The molecule has 0 heterocycles. The first kappa shape index (κ1) is 21.2. The summed E-state index contributed by atoms with van der Waals surface area (Å²) >= 11 is 0. The Hall–Kier alpha value is -1.08. The van der Waals surface area contributed by atoms with E-state index in [1.54, 1.807) is 11.1 Å². The topological polar surface area (TPSA) is 3.24 Å². The first-order valence-electron chi connectivity index (χ1n) is 10.8. The Morgan fingerprint density at radius 3 is 2.65 bits per heavy atom. The van der Waals surface area contributed by atoms with Crippen molar-refractivity contribution in [3.63, 3.8) is 0 Å². The lowest BCUT2D eigenvalue weighted by atomic mass is 9.77. The van der Waals surface area contributed by atoms with E-state index >= 15 is 0 Å². The van der Waals surface area contributed by atoms with E-state index in [2.05, 4.69) is 58.2 Å². The van der Waals surface area contributed by atoms with E-state index in [1.165, 1.54) is 81.3 Å². The molecule has 0 N–H and O–H groups in total. The van der Waals surface area contributed by atoms with Crippen molar-refractivity contribution < 1.29 is 0 Å². The molecule has 0 radical (unpaired) electrons. The second-order valence-electron chi connectivity index (χ2n) is 8.83. The molecule has 2 aliphatic carbocycles. The van der Waals surface area contributed by atoms with Crippen LogP contribution < -0.4 is 0 Å². The van der Waals surface area contributed by atoms with Crippen LogP contribution in [0, 0.1) is 11.8 Å². The highest BCUT2D eigenvalue weighted by atomic mass is 15.1. The predicted octanol–water partition coefficient (Wildman–Crippen LogP) is 7.08. The number of allylic oxidation sites excluding steroid dienone is 7. The summed E-state index contributed by atoms with van der Waals surface area (Å²) in [6, 6.07) is 0. The average molecular weight is 356 g/mol. The molecule has 1 heteroatoms. The van der Waals surface area contributed by atoms with Crippen molar-refractivity contribution in [2.24, 2.45) is 11.8 Å². The minimum Gasteiger partial charge on any atom is -0.303 e. The maximum atomic E-state index is 4.09. The van der Waals surface area contributed by atoms with Gasteiger partial charge in [0, 0.05) is 6.54 Å². The van der Waals surface area contributed by atoms with Crippen molar-refractivity contribution in [2.75, 3.05) is 19.6 Å². The highest BCUT2D eigenvalue weighted by Crippen LogP contribution is 2.37. The minimum absolute atomic E-state index is 0.751. The Bertz CT molecular complexity index is 575. The van der Waals surface area contributed by atoms with Gasteiger partial charge in [-0.1, -0.05) is 43.7 Å². The molecule has 26 heavy (non-hydrogen) atoms. The molecule has 146 valence electrons. The Labute approximate surface area is 162 Å². The van der Waals surface area contributed by atoms with E-state index in [0.29, 0.717) is 0 Å². The largest absolute Gasteiger partial charge is 0.303 e. The summed E-state index contributed by atoms with van der Waals surface area (Å²) in [5.74, 6) is 1.60. The maximum absolute atomic E-state index is 4.09. The molecule has 0 spiro atoms. The molecule has 1 fully saturated rings. The van der Waals surface area contributed by atoms with Crippen molar-refractivity contribution in [1.82, 2.24) is 4.90 Å². The predicted molar refractivity (Wildman–Crippen MR) is 116 cm³/mol. The first-order valence-corrected chi connectivity index (χ1v) is 10.8. The van der Waals surface area contributed by atoms with Gasteiger partial charge in [0.2, 0.25) is 0 Å². The molecule has 0 amide bonds. The second-order valence-corrected chi connectivity index (χ2v) is 8.83. The molecule has 0 aliphatic heterocycles. The highest BCUT2D eigenvalue weighted by Gasteiger charge is 2.24. The molecule has 2 unspecified atom stereocenters. The van der Waals surface area contributed by atoms with Gasteiger partial charge in [-0.05, 0) is 107 Å². The van der Waals surface area contributed by atoms with E-state index < -0.39 is 0 Å². The van der Waals surface area contributed by atoms with Crippen molar-refractivity contribution in [2.45, 2.75) is 79.6 Å². The SMILES string of the molecule is C=C(C)/C(C)=C(\C)CCCN(CCC)CC1CCC2=CC(C)CC=C2C1. The minimum atomic E-state index is 0.751. The molecular formula is C25H41N. The first-order chi connectivity index (χ1) is 12.4. The Kier molecular flexibility index (Phi) is 8.41. The summed E-state index contributed by atoms with van der Waals surface area (Å²) < 4.78 is 0. The molecule has 0 saturated heterocycles. The van der Waals surface area contributed by atoms with Gasteiger partial charge >= 0.3 is 0 Å². The van der Waals surface area contributed by atoms with Gasteiger partial charge in [0.1, 0.15) is 0 Å². The van der Waals surface area contributed by atoms with Crippen LogP contribution in [0.5, 0.6) is 0 Å². The maximum Gasteiger partial charge on any atom is 0.00129 e. The van der Waals surface area contributed by atoms with Crippen LogP contribution in [0.4, 0.5) is 0 Å². The van der Waals surface area contributed by atoms with Gasteiger partial charge in [-0.15, -0.1) is 0 Å². The summed E-state index contributed by atoms with van der Waals surface area (Å²) in [6.07, 6.45) is 14.1. The number of fused-ring (bicyclic) bond motifs is 1. The fourth-order valence-corrected chi connectivity index (χ4v) is 4.46. The van der Waals surface area contributed by atoms with Crippen LogP contribution in [0.25, 0.3) is 0 Å². The van der Waals surface area contributed by atoms with Gasteiger partial charge in [-0.25, -0.2) is 0 Å². The average Bonchev–Trinajstić information content (AvgIpc) is 2.61. The molecule has 2 atom stereocenters. The summed E-state index contributed by atoms with van der Waals surface area (Å²) in [5, 5.41) is 0. The Morgan fingerprint density at radius 2 is 1.96 bits per heavy atom. The van der Waals surface area contributed by atoms with E-state index in [-0.39, 0.29) is 0 Å². The summed E-state index contributed by atoms with van der Waals surface area (Å²) in [7, 11) is 0. The molecule has 0 aromatic heterocycles. The lowest BCUT2D eigenvalue weighted by Crippen LogP contribution is -2.33. The second kappa shape index (κ2) is 10.3.